The second-order valence-corrected chi connectivity index (χ2v) is 6.75. The van der Waals surface area contributed by atoms with Crippen molar-refractivity contribution in [2.75, 3.05) is 13.2 Å². The Kier molecular flexibility index (Phi) is 3.39. The standard InChI is InChI=1S/C15H26O2/c1-14(2)6-4-7-15(3)11(10-17)9-13(14)12(15)5-8-16/h9,12-13,16-17H,4-8,10H2,1-3H3/t12-,13?,15-/m1/s1. The molecular formula is C15H26O2. The van der Waals surface area contributed by atoms with Crippen molar-refractivity contribution in [2.24, 2.45) is 22.7 Å². The lowest BCUT2D eigenvalue weighted by molar-refractivity contribution is 0.106. The van der Waals surface area contributed by atoms with E-state index >= 15 is 0 Å². The van der Waals surface area contributed by atoms with Crippen molar-refractivity contribution < 1.29 is 10.2 Å². The Hall–Kier alpha value is -0.340. The lowest BCUT2D eigenvalue weighted by Crippen LogP contribution is -2.33. The van der Waals surface area contributed by atoms with E-state index in [4.69, 9.17) is 0 Å². The first-order valence-electron chi connectivity index (χ1n) is 6.88. The minimum absolute atomic E-state index is 0.121. The van der Waals surface area contributed by atoms with Crippen molar-refractivity contribution >= 4 is 0 Å². The molecule has 2 rings (SSSR count). The lowest BCUT2D eigenvalue weighted by atomic mass is 9.66. The zero-order valence-corrected chi connectivity index (χ0v) is 11.4. The van der Waals surface area contributed by atoms with Gasteiger partial charge in [0, 0.05) is 6.61 Å². The molecule has 1 unspecified atom stereocenters. The molecule has 0 aromatic heterocycles. The first-order chi connectivity index (χ1) is 7.95. The maximum Gasteiger partial charge on any atom is 0.0647 e. The molecule has 0 aromatic carbocycles. The van der Waals surface area contributed by atoms with Gasteiger partial charge in [0.2, 0.25) is 0 Å². The molecule has 2 aliphatic carbocycles. The fourth-order valence-corrected chi connectivity index (χ4v) is 4.22. The molecule has 0 spiro atoms. The third kappa shape index (κ3) is 1.96. The molecule has 0 radical (unpaired) electrons. The molecule has 2 heteroatoms. The molecule has 2 N–H and O–H groups in total. The average molecular weight is 238 g/mol. The van der Waals surface area contributed by atoms with E-state index in [1.807, 2.05) is 0 Å². The van der Waals surface area contributed by atoms with Crippen LogP contribution in [0, 0.1) is 22.7 Å². The molecule has 1 saturated carbocycles. The average Bonchev–Trinajstić information content (AvgIpc) is 2.48. The van der Waals surface area contributed by atoms with Crippen LogP contribution in [0.1, 0.15) is 46.5 Å². The fourth-order valence-electron chi connectivity index (χ4n) is 4.22. The molecule has 2 bridgehead atoms. The molecule has 3 atom stereocenters. The lowest BCUT2D eigenvalue weighted by Gasteiger charge is -2.38. The zero-order valence-electron chi connectivity index (χ0n) is 11.4. The van der Waals surface area contributed by atoms with E-state index in [1.165, 1.54) is 18.4 Å². The summed E-state index contributed by atoms with van der Waals surface area (Å²) >= 11 is 0. The molecule has 17 heavy (non-hydrogen) atoms. The van der Waals surface area contributed by atoms with Gasteiger partial charge in [-0.05, 0) is 47.5 Å². The van der Waals surface area contributed by atoms with Crippen LogP contribution < -0.4 is 0 Å². The minimum Gasteiger partial charge on any atom is -0.396 e. The number of aliphatic hydroxyl groups is 2. The number of fused-ring (bicyclic) bond motifs is 2. The number of rotatable bonds is 3. The highest BCUT2D eigenvalue weighted by atomic mass is 16.3. The van der Waals surface area contributed by atoms with E-state index in [9.17, 15) is 10.2 Å². The fraction of sp³-hybridized carbons (Fsp3) is 0.867. The van der Waals surface area contributed by atoms with Crippen LogP contribution in [0.4, 0.5) is 0 Å². The first kappa shape index (κ1) is 13.1. The van der Waals surface area contributed by atoms with Gasteiger partial charge in [0.1, 0.15) is 0 Å². The van der Waals surface area contributed by atoms with E-state index in [2.05, 4.69) is 26.8 Å². The van der Waals surface area contributed by atoms with Crippen molar-refractivity contribution in [3.63, 3.8) is 0 Å². The summed E-state index contributed by atoms with van der Waals surface area (Å²) in [5.41, 5.74) is 1.64. The molecule has 0 aromatic rings. The molecule has 0 saturated heterocycles. The summed E-state index contributed by atoms with van der Waals surface area (Å²) in [6, 6.07) is 0. The summed E-state index contributed by atoms with van der Waals surface area (Å²) in [6.45, 7) is 7.41. The Morgan fingerprint density at radius 1 is 1.24 bits per heavy atom. The predicted octanol–water partition coefficient (Wildman–Crippen LogP) is 2.75. The van der Waals surface area contributed by atoms with Gasteiger partial charge in [-0.3, -0.25) is 0 Å². The number of allylic oxidation sites excluding steroid dienone is 1. The second kappa shape index (κ2) is 4.40. The summed E-state index contributed by atoms with van der Waals surface area (Å²) in [7, 11) is 0. The molecule has 2 nitrogen and oxygen atoms in total. The van der Waals surface area contributed by atoms with Gasteiger partial charge in [0.25, 0.3) is 0 Å². The van der Waals surface area contributed by atoms with Crippen molar-refractivity contribution in [3.8, 4) is 0 Å². The van der Waals surface area contributed by atoms with Crippen LogP contribution in [-0.2, 0) is 0 Å². The first-order valence-corrected chi connectivity index (χ1v) is 6.88. The van der Waals surface area contributed by atoms with Crippen LogP contribution in [0.2, 0.25) is 0 Å². The van der Waals surface area contributed by atoms with Crippen LogP contribution in [0.3, 0.4) is 0 Å². The van der Waals surface area contributed by atoms with Crippen LogP contribution in [0.5, 0.6) is 0 Å². The van der Waals surface area contributed by atoms with Gasteiger partial charge < -0.3 is 10.2 Å². The molecular weight excluding hydrogens is 212 g/mol. The zero-order chi connectivity index (χ0) is 12.7. The van der Waals surface area contributed by atoms with Gasteiger partial charge in [0.15, 0.2) is 0 Å². The molecule has 1 fully saturated rings. The monoisotopic (exact) mass is 238 g/mol. The maximum absolute atomic E-state index is 9.60. The van der Waals surface area contributed by atoms with Crippen LogP contribution >= 0.6 is 0 Å². The van der Waals surface area contributed by atoms with Gasteiger partial charge in [-0.15, -0.1) is 0 Å². The summed E-state index contributed by atoms with van der Waals surface area (Å²) < 4.78 is 0. The SMILES string of the molecule is CC1(C)CCC[C@]2(C)C(CO)=CC1[C@H]2CCO. The Morgan fingerprint density at radius 2 is 1.94 bits per heavy atom. The summed E-state index contributed by atoms with van der Waals surface area (Å²) in [4.78, 5) is 0. The third-order valence-corrected chi connectivity index (χ3v) is 5.40. The van der Waals surface area contributed by atoms with Crippen molar-refractivity contribution in [1.29, 1.82) is 0 Å². The topological polar surface area (TPSA) is 40.5 Å². The van der Waals surface area contributed by atoms with Gasteiger partial charge in [0.05, 0.1) is 6.61 Å². The van der Waals surface area contributed by atoms with Gasteiger partial charge in [-0.1, -0.05) is 33.3 Å². The highest BCUT2D eigenvalue weighted by molar-refractivity contribution is 5.27. The summed E-state index contributed by atoms with van der Waals surface area (Å²) in [5, 5.41) is 18.9. The molecule has 98 valence electrons. The van der Waals surface area contributed by atoms with E-state index < -0.39 is 0 Å². The normalized spacial score (nSPS) is 39.9. The molecule has 0 amide bonds. The Bertz CT molecular complexity index is 319. The van der Waals surface area contributed by atoms with Gasteiger partial charge in [-0.25, -0.2) is 0 Å². The van der Waals surface area contributed by atoms with E-state index in [1.54, 1.807) is 0 Å². The highest BCUT2D eigenvalue weighted by Gasteiger charge is 2.51. The number of hydrogen-bond donors (Lipinski definition) is 2. The van der Waals surface area contributed by atoms with Crippen LogP contribution in [-0.4, -0.2) is 23.4 Å². The summed E-state index contributed by atoms with van der Waals surface area (Å²) in [6.07, 6.45) is 6.83. The minimum atomic E-state index is 0.121. The molecule has 0 aliphatic heterocycles. The van der Waals surface area contributed by atoms with Crippen molar-refractivity contribution in [3.05, 3.63) is 11.6 Å². The highest BCUT2D eigenvalue weighted by Crippen LogP contribution is 2.59. The quantitative estimate of drug-likeness (QED) is 0.742. The number of aliphatic hydroxyl groups excluding tert-OH is 2. The largest absolute Gasteiger partial charge is 0.396 e. The van der Waals surface area contributed by atoms with Gasteiger partial charge >= 0.3 is 0 Å². The maximum atomic E-state index is 9.60. The Labute approximate surface area is 105 Å². The molecule has 2 aliphatic rings. The third-order valence-electron chi connectivity index (χ3n) is 5.40. The molecule has 0 heterocycles. The number of hydrogen-bond acceptors (Lipinski definition) is 2. The van der Waals surface area contributed by atoms with Crippen LogP contribution in [0.15, 0.2) is 11.6 Å². The van der Waals surface area contributed by atoms with Crippen LogP contribution in [0.25, 0.3) is 0 Å². The predicted molar refractivity (Wildman–Crippen MR) is 69.6 cm³/mol. The van der Waals surface area contributed by atoms with Gasteiger partial charge in [-0.2, -0.15) is 0 Å². The van der Waals surface area contributed by atoms with E-state index in [0.29, 0.717) is 17.3 Å². The van der Waals surface area contributed by atoms with E-state index in [-0.39, 0.29) is 18.6 Å². The van der Waals surface area contributed by atoms with E-state index in [0.717, 1.165) is 12.8 Å². The second-order valence-electron chi connectivity index (χ2n) is 6.75. The van der Waals surface area contributed by atoms with Crippen molar-refractivity contribution in [1.82, 2.24) is 0 Å². The smallest absolute Gasteiger partial charge is 0.0647 e. The van der Waals surface area contributed by atoms with Crippen molar-refractivity contribution in [2.45, 2.75) is 46.5 Å². The Balaban J connectivity index is 2.40. The Morgan fingerprint density at radius 3 is 2.53 bits per heavy atom. The summed E-state index contributed by atoms with van der Waals surface area (Å²) in [5.74, 6) is 1.02.